The molecule has 0 fully saturated rings. The maximum absolute atomic E-state index is 11.9. The highest BCUT2D eigenvalue weighted by Gasteiger charge is 2.22. The van der Waals surface area contributed by atoms with Crippen LogP contribution in [0.1, 0.15) is 82.9 Å². The van der Waals surface area contributed by atoms with Crippen molar-refractivity contribution < 1.29 is 19.8 Å². The van der Waals surface area contributed by atoms with Gasteiger partial charge in [-0.05, 0) is 42.0 Å². The van der Waals surface area contributed by atoms with Crippen LogP contribution in [0.3, 0.4) is 0 Å². The number of aromatic carboxylic acids is 2. The van der Waals surface area contributed by atoms with Gasteiger partial charge in [0.15, 0.2) is 0 Å². The average molecular weight is 368 g/mol. The normalized spacial score (nSPS) is 10.7. The topological polar surface area (TPSA) is 74.6 Å². The van der Waals surface area contributed by atoms with Crippen molar-refractivity contribution in [1.29, 1.82) is 0 Å². The summed E-state index contributed by atoms with van der Waals surface area (Å²) in [5.74, 6) is -2.36. The molecule has 0 aliphatic heterocycles. The molecule has 4 heteroatoms. The van der Waals surface area contributed by atoms with Gasteiger partial charge in [0.25, 0.3) is 0 Å². The second kappa shape index (κ2) is 10.5. The first-order valence-corrected chi connectivity index (χ1v) is 9.69. The van der Waals surface area contributed by atoms with Crippen LogP contribution in [-0.4, -0.2) is 22.2 Å². The molecule has 0 radical (unpaired) electrons. The zero-order valence-electron chi connectivity index (χ0n) is 15.9. The maximum Gasteiger partial charge on any atom is 0.336 e. The van der Waals surface area contributed by atoms with Crippen LogP contribution < -0.4 is 0 Å². The zero-order valence-corrected chi connectivity index (χ0v) is 15.9. The highest BCUT2D eigenvalue weighted by atomic mass is 16.4. The van der Waals surface area contributed by atoms with Gasteiger partial charge in [-0.15, -0.1) is 0 Å². The summed E-state index contributed by atoms with van der Waals surface area (Å²) in [6, 6.07) is 13.0. The van der Waals surface area contributed by atoms with Gasteiger partial charge in [-0.1, -0.05) is 75.4 Å². The molecule has 0 saturated carbocycles. The van der Waals surface area contributed by atoms with Crippen molar-refractivity contribution in [3.63, 3.8) is 0 Å². The summed E-state index contributed by atoms with van der Waals surface area (Å²) in [5, 5.41) is 19.1. The van der Waals surface area contributed by atoms with Crippen LogP contribution in [0.4, 0.5) is 0 Å². The number of rotatable bonds is 11. The van der Waals surface area contributed by atoms with Crippen molar-refractivity contribution >= 4 is 11.9 Å². The number of carboxylic acids is 2. The van der Waals surface area contributed by atoms with Crippen LogP contribution in [0.15, 0.2) is 42.5 Å². The van der Waals surface area contributed by atoms with E-state index in [1.165, 1.54) is 25.3 Å². The second-order valence-electron chi connectivity index (χ2n) is 6.92. The van der Waals surface area contributed by atoms with Crippen LogP contribution in [0.25, 0.3) is 0 Å². The maximum atomic E-state index is 11.9. The number of carbonyl (C=O) groups is 2. The SMILES string of the molecule is CCCCCCCCc1c(Cc2ccccc2)ccc(C(=O)O)c1C(=O)O. The summed E-state index contributed by atoms with van der Waals surface area (Å²) in [4.78, 5) is 23.4. The van der Waals surface area contributed by atoms with Gasteiger partial charge >= 0.3 is 11.9 Å². The second-order valence-corrected chi connectivity index (χ2v) is 6.92. The van der Waals surface area contributed by atoms with E-state index in [-0.39, 0.29) is 11.1 Å². The Morgan fingerprint density at radius 1 is 0.815 bits per heavy atom. The van der Waals surface area contributed by atoms with E-state index in [0.717, 1.165) is 30.4 Å². The first-order valence-electron chi connectivity index (χ1n) is 9.69. The molecule has 0 aliphatic carbocycles. The van der Waals surface area contributed by atoms with Gasteiger partial charge < -0.3 is 10.2 Å². The largest absolute Gasteiger partial charge is 0.478 e. The first-order chi connectivity index (χ1) is 13.0. The summed E-state index contributed by atoms with van der Waals surface area (Å²) >= 11 is 0. The van der Waals surface area contributed by atoms with E-state index < -0.39 is 11.9 Å². The monoisotopic (exact) mass is 368 g/mol. The summed E-state index contributed by atoms with van der Waals surface area (Å²) in [5.41, 5.74) is 2.48. The van der Waals surface area contributed by atoms with Gasteiger partial charge in [-0.2, -0.15) is 0 Å². The Kier molecular flexibility index (Phi) is 8.05. The van der Waals surface area contributed by atoms with Crippen molar-refractivity contribution in [2.24, 2.45) is 0 Å². The molecule has 0 bridgehead atoms. The van der Waals surface area contributed by atoms with Crippen molar-refractivity contribution in [2.75, 3.05) is 0 Å². The van der Waals surface area contributed by atoms with E-state index in [2.05, 4.69) is 6.92 Å². The van der Waals surface area contributed by atoms with Gasteiger partial charge in [0, 0.05) is 0 Å². The quantitative estimate of drug-likeness (QED) is 0.508. The van der Waals surface area contributed by atoms with E-state index in [1.54, 1.807) is 6.07 Å². The van der Waals surface area contributed by atoms with Crippen LogP contribution in [0.2, 0.25) is 0 Å². The molecule has 0 atom stereocenters. The summed E-state index contributed by atoms with van der Waals surface area (Å²) < 4.78 is 0. The molecule has 0 unspecified atom stereocenters. The number of hydrogen-bond acceptors (Lipinski definition) is 2. The fourth-order valence-corrected chi connectivity index (χ4v) is 3.46. The minimum Gasteiger partial charge on any atom is -0.478 e. The summed E-state index contributed by atoms with van der Waals surface area (Å²) in [6.45, 7) is 2.17. The lowest BCUT2D eigenvalue weighted by molar-refractivity contribution is 0.0650. The standard InChI is InChI=1S/C23H28O4/c1-2-3-4-5-6-10-13-19-18(16-17-11-8-7-9-12-17)14-15-20(22(24)25)21(19)23(26)27/h7-9,11-12,14-15H,2-6,10,13,16H2,1H3,(H,24,25)(H,26,27). The summed E-state index contributed by atoms with van der Waals surface area (Å²) in [6.07, 6.45) is 7.82. The predicted octanol–water partition coefficient (Wildman–Crippen LogP) is 5.58. The minimum absolute atomic E-state index is 0.0514. The highest BCUT2D eigenvalue weighted by Crippen LogP contribution is 2.25. The van der Waals surface area contributed by atoms with Crippen LogP contribution in [-0.2, 0) is 12.8 Å². The van der Waals surface area contributed by atoms with Gasteiger partial charge in [-0.25, -0.2) is 9.59 Å². The van der Waals surface area contributed by atoms with Crippen LogP contribution in [0.5, 0.6) is 0 Å². The first kappa shape index (κ1) is 20.7. The molecule has 4 nitrogen and oxygen atoms in total. The molecule has 0 aliphatic rings. The van der Waals surface area contributed by atoms with Crippen molar-refractivity contribution in [3.8, 4) is 0 Å². The summed E-state index contributed by atoms with van der Waals surface area (Å²) in [7, 11) is 0. The number of unbranched alkanes of at least 4 members (excludes halogenated alkanes) is 5. The molecular weight excluding hydrogens is 340 g/mol. The minimum atomic E-state index is -1.19. The molecule has 0 aromatic heterocycles. The van der Waals surface area contributed by atoms with E-state index >= 15 is 0 Å². The van der Waals surface area contributed by atoms with E-state index in [1.807, 2.05) is 30.3 Å². The van der Waals surface area contributed by atoms with Crippen molar-refractivity contribution in [2.45, 2.75) is 58.3 Å². The fourth-order valence-electron chi connectivity index (χ4n) is 3.46. The third-order valence-corrected chi connectivity index (χ3v) is 4.87. The van der Waals surface area contributed by atoms with Gasteiger partial charge in [0.1, 0.15) is 0 Å². The molecule has 2 rings (SSSR count). The van der Waals surface area contributed by atoms with Crippen LogP contribution in [0, 0.1) is 0 Å². The molecule has 0 heterocycles. The van der Waals surface area contributed by atoms with Crippen LogP contribution >= 0.6 is 0 Å². The smallest absolute Gasteiger partial charge is 0.336 e. The Balaban J connectivity index is 2.30. The molecule has 2 aromatic rings. The van der Waals surface area contributed by atoms with Gasteiger partial charge in [0.05, 0.1) is 11.1 Å². The fraction of sp³-hybridized carbons (Fsp3) is 0.391. The van der Waals surface area contributed by atoms with E-state index in [9.17, 15) is 19.8 Å². The molecule has 0 amide bonds. The third-order valence-electron chi connectivity index (χ3n) is 4.87. The average Bonchev–Trinajstić information content (AvgIpc) is 2.65. The number of benzene rings is 2. The molecule has 27 heavy (non-hydrogen) atoms. The number of carboxylic acid groups (broad SMARTS) is 2. The Morgan fingerprint density at radius 3 is 2.11 bits per heavy atom. The molecule has 0 saturated heterocycles. The van der Waals surface area contributed by atoms with Gasteiger partial charge in [0.2, 0.25) is 0 Å². The Bertz CT molecular complexity index is 765. The van der Waals surface area contributed by atoms with E-state index in [0.29, 0.717) is 18.4 Å². The molecule has 2 aromatic carbocycles. The Labute approximate surface area is 160 Å². The molecule has 0 spiro atoms. The van der Waals surface area contributed by atoms with Crippen molar-refractivity contribution in [1.82, 2.24) is 0 Å². The van der Waals surface area contributed by atoms with E-state index in [4.69, 9.17) is 0 Å². The van der Waals surface area contributed by atoms with Crippen molar-refractivity contribution in [3.05, 3.63) is 70.3 Å². The zero-order chi connectivity index (χ0) is 19.6. The third kappa shape index (κ3) is 5.95. The Hall–Kier alpha value is -2.62. The van der Waals surface area contributed by atoms with Gasteiger partial charge in [-0.3, -0.25) is 0 Å². The molecule has 2 N–H and O–H groups in total. The lowest BCUT2D eigenvalue weighted by Gasteiger charge is -2.15. The highest BCUT2D eigenvalue weighted by molar-refractivity contribution is 6.03. The predicted molar refractivity (Wildman–Crippen MR) is 107 cm³/mol. The lowest BCUT2D eigenvalue weighted by atomic mass is 9.89. The molecule has 144 valence electrons. The lowest BCUT2D eigenvalue weighted by Crippen LogP contribution is -2.14. The Morgan fingerprint density at radius 2 is 1.48 bits per heavy atom. The number of hydrogen-bond donors (Lipinski definition) is 2. The molecular formula is C23H28O4.